The molecule has 1 nitrogen and oxygen atoms in total. The Morgan fingerprint density at radius 1 is 1.67 bits per heavy atom. The van der Waals surface area contributed by atoms with E-state index in [9.17, 15) is 4.79 Å². The van der Waals surface area contributed by atoms with Gasteiger partial charge in [0, 0.05) is 6.08 Å². The fraction of sp³-hybridized carbons (Fsp3) is 0. The molecule has 0 unspecified atom stereocenters. The Labute approximate surface area is 52.7 Å². The normalized spacial score (nSPS) is 7.00. The lowest BCUT2D eigenvalue weighted by atomic mass is 10.7. The Morgan fingerprint density at radius 2 is 2.17 bits per heavy atom. The maximum atomic E-state index is 9.35. The van der Waals surface area contributed by atoms with Crippen LogP contribution in [0.5, 0.6) is 0 Å². The van der Waals surface area contributed by atoms with Crippen molar-refractivity contribution in [2.75, 3.05) is 0 Å². The van der Waals surface area contributed by atoms with Crippen molar-refractivity contribution in [3.8, 4) is 0 Å². The summed E-state index contributed by atoms with van der Waals surface area (Å²) in [7, 11) is 0. The van der Waals surface area contributed by atoms with E-state index < -0.39 is 0 Å². The van der Waals surface area contributed by atoms with Crippen LogP contribution in [0.4, 0.5) is 0 Å². The first-order chi connectivity index (χ1) is 2.77. The van der Waals surface area contributed by atoms with E-state index in [1.807, 2.05) is 0 Å². The molecular formula is C3HBr2O. The fourth-order valence-electron chi connectivity index (χ4n) is 0.0445. The van der Waals surface area contributed by atoms with Crippen molar-refractivity contribution < 1.29 is 4.79 Å². The first-order valence-electron chi connectivity index (χ1n) is 1.16. The van der Waals surface area contributed by atoms with E-state index in [1.165, 1.54) is 6.08 Å². The maximum Gasteiger partial charge on any atom is 0.227 e. The molecule has 0 N–H and O–H groups in total. The monoisotopic (exact) mass is 211 g/mol. The lowest BCUT2D eigenvalue weighted by molar-refractivity contribution is 0.564. The van der Waals surface area contributed by atoms with Crippen molar-refractivity contribution >= 4 is 38.1 Å². The van der Waals surface area contributed by atoms with Gasteiger partial charge in [0.05, 0.1) is 3.39 Å². The average Bonchev–Trinajstić information content (AvgIpc) is 1.35. The third kappa shape index (κ3) is 4.37. The van der Waals surface area contributed by atoms with E-state index in [-0.39, 0.29) is 0 Å². The van der Waals surface area contributed by atoms with Crippen LogP contribution in [0.1, 0.15) is 0 Å². The lowest BCUT2D eigenvalue weighted by Crippen LogP contribution is -1.54. The average molecular weight is 213 g/mol. The van der Waals surface area contributed by atoms with Crippen molar-refractivity contribution in [1.82, 2.24) is 0 Å². The highest BCUT2D eigenvalue weighted by molar-refractivity contribution is 9.28. The molecule has 3 heteroatoms. The van der Waals surface area contributed by atoms with Crippen molar-refractivity contribution in [2.24, 2.45) is 0 Å². The third-order valence-electron chi connectivity index (χ3n) is 0.168. The van der Waals surface area contributed by atoms with Crippen LogP contribution in [0.25, 0.3) is 0 Å². The molecule has 0 saturated heterocycles. The summed E-state index contributed by atoms with van der Waals surface area (Å²) < 4.78 is 0.616. The third-order valence-corrected chi connectivity index (χ3v) is 0.626. The zero-order valence-electron chi connectivity index (χ0n) is 2.74. The van der Waals surface area contributed by atoms with Gasteiger partial charge in [0.2, 0.25) is 6.29 Å². The SMILES string of the molecule is O=[C]C=C(Br)Br. The predicted molar refractivity (Wildman–Crippen MR) is 31.6 cm³/mol. The van der Waals surface area contributed by atoms with Crippen LogP contribution in [-0.2, 0) is 4.79 Å². The molecule has 0 fully saturated rings. The van der Waals surface area contributed by atoms with Crippen LogP contribution in [0, 0.1) is 0 Å². The molecule has 0 saturated carbocycles. The highest BCUT2D eigenvalue weighted by atomic mass is 79.9. The van der Waals surface area contributed by atoms with Crippen LogP contribution in [0.15, 0.2) is 9.47 Å². The van der Waals surface area contributed by atoms with Gasteiger partial charge in [-0.2, -0.15) is 0 Å². The van der Waals surface area contributed by atoms with E-state index in [4.69, 9.17) is 0 Å². The van der Waals surface area contributed by atoms with Crippen molar-refractivity contribution in [3.63, 3.8) is 0 Å². The lowest BCUT2D eigenvalue weighted by Gasteiger charge is -1.66. The topological polar surface area (TPSA) is 17.1 Å². The first kappa shape index (κ1) is 6.37. The minimum atomic E-state index is 0.616. The zero-order valence-corrected chi connectivity index (χ0v) is 5.91. The standard InChI is InChI=1S/C3HBr2O/c4-3(5)1-2-6/h1H. The smallest absolute Gasteiger partial charge is 0.227 e. The Hall–Kier alpha value is 0.370. The largest absolute Gasteiger partial charge is 0.286 e. The Bertz CT molecular complexity index is 72.9. The molecule has 0 rings (SSSR count). The molecule has 0 heterocycles. The summed E-state index contributed by atoms with van der Waals surface area (Å²) in [5, 5.41) is 0. The van der Waals surface area contributed by atoms with Gasteiger partial charge < -0.3 is 0 Å². The highest BCUT2D eigenvalue weighted by Crippen LogP contribution is 2.10. The summed E-state index contributed by atoms with van der Waals surface area (Å²) in [4.78, 5) is 9.35. The molecular weight excluding hydrogens is 212 g/mol. The molecule has 1 radical (unpaired) electrons. The van der Waals surface area contributed by atoms with E-state index in [0.29, 0.717) is 3.39 Å². The summed E-state index contributed by atoms with van der Waals surface area (Å²) >= 11 is 5.90. The summed E-state index contributed by atoms with van der Waals surface area (Å²) in [6, 6.07) is 0. The van der Waals surface area contributed by atoms with Gasteiger partial charge in [-0.15, -0.1) is 0 Å². The molecule has 0 aliphatic carbocycles. The van der Waals surface area contributed by atoms with Crippen LogP contribution >= 0.6 is 31.9 Å². The molecule has 0 aliphatic rings. The van der Waals surface area contributed by atoms with Crippen LogP contribution in [0.2, 0.25) is 0 Å². The molecule has 0 aliphatic heterocycles. The Kier molecular flexibility index (Phi) is 3.78. The first-order valence-corrected chi connectivity index (χ1v) is 2.75. The van der Waals surface area contributed by atoms with Crippen molar-refractivity contribution in [3.05, 3.63) is 9.47 Å². The van der Waals surface area contributed by atoms with Gasteiger partial charge in [0.25, 0.3) is 0 Å². The highest BCUT2D eigenvalue weighted by Gasteiger charge is 1.73. The number of hydrogen-bond donors (Lipinski definition) is 0. The molecule has 0 aromatic rings. The second kappa shape index (κ2) is 3.56. The van der Waals surface area contributed by atoms with Gasteiger partial charge in [0.1, 0.15) is 0 Å². The van der Waals surface area contributed by atoms with E-state index in [1.54, 1.807) is 6.29 Å². The maximum absolute atomic E-state index is 9.35. The van der Waals surface area contributed by atoms with Crippen LogP contribution in [0.3, 0.4) is 0 Å². The van der Waals surface area contributed by atoms with Crippen LogP contribution in [-0.4, -0.2) is 6.29 Å². The van der Waals surface area contributed by atoms with Gasteiger partial charge in [-0.1, -0.05) is 0 Å². The number of carbonyl (C=O) groups excluding carboxylic acids is 1. The van der Waals surface area contributed by atoms with Gasteiger partial charge in [-0.3, -0.25) is 4.79 Å². The fourth-order valence-corrected chi connectivity index (χ4v) is 0.231. The predicted octanol–water partition coefficient (Wildman–Crippen LogP) is 1.73. The quantitative estimate of drug-likeness (QED) is 0.606. The van der Waals surface area contributed by atoms with Gasteiger partial charge >= 0.3 is 0 Å². The molecule has 0 atom stereocenters. The van der Waals surface area contributed by atoms with Crippen molar-refractivity contribution in [1.29, 1.82) is 0 Å². The molecule has 0 spiro atoms. The molecule has 0 aromatic heterocycles. The minimum Gasteiger partial charge on any atom is -0.286 e. The van der Waals surface area contributed by atoms with Gasteiger partial charge in [-0.05, 0) is 31.9 Å². The molecule has 6 heavy (non-hydrogen) atoms. The van der Waals surface area contributed by atoms with Gasteiger partial charge in [0.15, 0.2) is 0 Å². The summed E-state index contributed by atoms with van der Waals surface area (Å²) in [5.41, 5.74) is 0. The molecule has 33 valence electrons. The number of rotatable bonds is 1. The molecule has 0 aromatic carbocycles. The van der Waals surface area contributed by atoms with E-state index >= 15 is 0 Å². The Balaban J connectivity index is 3.41. The van der Waals surface area contributed by atoms with Gasteiger partial charge in [-0.25, -0.2) is 0 Å². The summed E-state index contributed by atoms with van der Waals surface area (Å²) in [5.74, 6) is 0. The molecule has 0 bridgehead atoms. The number of hydrogen-bond acceptors (Lipinski definition) is 1. The van der Waals surface area contributed by atoms with E-state index in [0.717, 1.165) is 0 Å². The van der Waals surface area contributed by atoms with Crippen LogP contribution < -0.4 is 0 Å². The van der Waals surface area contributed by atoms with Crippen molar-refractivity contribution in [2.45, 2.75) is 0 Å². The van der Waals surface area contributed by atoms with E-state index in [2.05, 4.69) is 31.9 Å². The second-order valence-electron chi connectivity index (χ2n) is 0.552. The molecule has 0 amide bonds. The number of allylic oxidation sites excluding steroid dienone is 1. The Morgan fingerprint density at radius 3 is 2.17 bits per heavy atom. The summed E-state index contributed by atoms with van der Waals surface area (Å²) in [6.45, 7) is 0. The zero-order chi connectivity index (χ0) is 4.99. The minimum absolute atomic E-state index is 0.616. The summed E-state index contributed by atoms with van der Waals surface area (Å²) in [6.07, 6.45) is 2.80. The number of halogens is 2. The second-order valence-corrected chi connectivity index (χ2v) is 3.32.